The van der Waals surface area contributed by atoms with Crippen molar-refractivity contribution in [2.75, 3.05) is 13.6 Å². The average Bonchev–Trinajstić information content (AvgIpc) is 3.18. The molecule has 0 bridgehead atoms. The molecule has 10 nitrogen and oxygen atoms in total. The zero-order valence-corrected chi connectivity index (χ0v) is 14.4. The van der Waals surface area contributed by atoms with E-state index in [1.807, 2.05) is 0 Å². The summed E-state index contributed by atoms with van der Waals surface area (Å²) in [5.74, 6) is 2.81. The van der Waals surface area contributed by atoms with Gasteiger partial charge in [0, 0.05) is 31.1 Å². The predicted octanol–water partition coefficient (Wildman–Crippen LogP) is 0.894. The minimum atomic E-state index is -0.957. The number of nitro groups is 1. The molecule has 2 aliphatic heterocycles. The van der Waals surface area contributed by atoms with Crippen LogP contribution < -0.4 is 4.74 Å². The third-order valence-electron chi connectivity index (χ3n) is 3.74. The number of carbonyl (C=O) groups excluding carboxylic acids is 1. The van der Waals surface area contributed by atoms with Crippen molar-refractivity contribution in [3.63, 3.8) is 0 Å². The number of urea groups is 1. The lowest BCUT2D eigenvalue weighted by Gasteiger charge is -2.26. The summed E-state index contributed by atoms with van der Waals surface area (Å²) in [6, 6.07) is 5.18. The molecule has 136 valence electrons. The Labute approximate surface area is 153 Å². The third-order valence-corrected chi connectivity index (χ3v) is 4.80. The first-order valence-corrected chi connectivity index (χ1v) is 8.31. The fraction of sp³-hybridized carbons (Fsp3) is 0.333. The van der Waals surface area contributed by atoms with E-state index in [-0.39, 0.29) is 18.3 Å². The van der Waals surface area contributed by atoms with Gasteiger partial charge in [0.15, 0.2) is 11.7 Å². The van der Waals surface area contributed by atoms with Gasteiger partial charge >= 0.3 is 6.03 Å². The Morgan fingerprint density at radius 1 is 1.50 bits per heavy atom. The Hall–Kier alpha value is -2.97. The summed E-state index contributed by atoms with van der Waals surface area (Å²) in [6.45, 7) is 0.198. The van der Waals surface area contributed by atoms with Crippen molar-refractivity contribution in [3.8, 4) is 18.1 Å². The highest BCUT2D eigenvalue weighted by molar-refractivity contribution is 7.98. The standard InChI is InChI=1S/C15H15N5O5S/c1-3-13(25-11-6-4-10(5-7-11)20(23)24)18-9-16-14(26-18)19-12(21)8-17(2)15(19)22/h1,4-7,9,12-14,21H,8H2,2H3. The summed E-state index contributed by atoms with van der Waals surface area (Å²) < 4.78 is 7.18. The van der Waals surface area contributed by atoms with Crippen LogP contribution in [0.1, 0.15) is 0 Å². The van der Waals surface area contributed by atoms with Gasteiger partial charge in [0.2, 0.25) is 6.23 Å². The molecule has 1 aromatic carbocycles. The van der Waals surface area contributed by atoms with E-state index in [4.69, 9.17) is 11.2 Å². The summed E-state index contributed by atoms with van der Waals surface area (Å²) in [5, 5.41) is 20.7. The van der Waals surface area contributed by atoms with E-state index in [0.29, 0.717) is 5.75 Å². The summed E-state index contributed by atoms with van der Waals surface area (Å²) in [6.07, 6.45) is 5.15. The van der Waals surface area contributed by atoms with Crippen molar-refractivity contribution in [3.05, 3.63) is 34.4 Å². The molecule has 3 unspecified atom stereocenters. The highest BCUT2D eigenvalue weighted by Crippen LogP contribution is 2.32. The van der Waals surface area contributed by atoms with Crippen LogP contribution in [0.5, 0.6) is 5.75 Å². The Morgan fingerprint density at radius 2 is 2.19 bits per heavy atom. The minimum Gasteiger partial charge on any atom is -0.458 e. The molecule has 1 fully saturated rings. The lowest BCUT2D eigenvalue weighted by atomic mass is 10.3. The van der Waals surface area contributed by atoms with Crippen molar-refractivity contribution in [1.29, 1.82) is 0 Å². The molecule has 2 heterocycles. The first-order valence-electron chi connectivity index (χ1n) is 7.48. The van der Waals surface area contributed by atoms with Gasteiger partial charge in [0.05, 0.1) is 11.5 Å². The molecule has 0 aromatic heterocycles. The zero-order chi connectivity index (χ0) is 18.8. The molecule has 3 rings (SSSR count). The van der Waals surface area contributed by atoms with Crippen LogP contribution in [0.2, 0.25) is 0 Å². The number of aliphatic hydroxyl groups is 1. The lowest BCUT2D eigenvalue weighted by molar-refractivity contribution is -0.384. The van der Waals surface area contributed by atoms with E-state index in [2.05, 4.69) is 10.9 Å². The monoisotopic (exact) mass is 377 g/mol. The summed E-state index contributed by atoms with van der Waals surface area (Å²) in [4.78, 5) is 29.1. The second-order valence-electron chi connectivity index (χ2n) is 5.50. The number of benzene rings is 1. The van der Waals surface area contributed by atoms with Gasteiger partial charge in [0.25, 0.3) is 5.69 Å². The van der Waals surface area contributed by atoms with Crippen molar-refractivity contribution in [2.24, 2.45) is 4.99 Å². The first-order chi connectivity index (χ1) is 12.4. The maximum atomic E-state index is 12.1. The smallest absolute Gasteiger partial charge is 0.324 e. The van der Waals surface area contributed by atoms with E-state index in [1.165, 1.54) is 44.7 Å². The summed E-state index contributed by atoms with van der Waals surface area (Å²) in [5.41, 5.74) is -0.712. The van der Waals surface area contributed by atoms with Gasteiger partial charge in [-0.3, -0.25) is 19.3 Å². The van der Waals surface area contributed by atoms with Gasteiger partial charge < -0.3 is 14.7 Å². The topological polar surface area (TPSA) is 112 Å². The van der Waals surface area contributed by atoms with Gasteiger partial charge in [-0.25, -0.2) is 9.79 Å². The van der Waals surface area contributed by atoms with Gasteiger partial charge in [-0.15, -0.1) is 6.42 Å². The van der Waals surface area contributed by atoms with Crippen LogP contribution in [0.25, 0.3) is 0 Å². The van der Waals surface area contributed by atoms with Crippen LogP contribution in [-0.2, 0) is 0 Å². The maximum Gasteiger partial charge on any atom is 0.324 e. The number of hydrogen-bond donors (Lipinski definition) is 1. The molecule has 2 amide bonds. The van der Waals surface area contributed by atoms with E-state index in [9.17, 15) is 20.0 Å². The van der Waals surface area contributed by atoms with Gasteiger partial charge in [0.1, 0.15) is 12.1 Å². The molecule has 26 heavy (non-hydrogen) atoms. The lowest BCUT2D eigenvalue weighted by Crippen LogP contribution is -2.40. The SMILES string of the molecule is C#CC(Oc1ccc([N+](=O)[O-])cc1)N1C=NC(N2C(=O)N(C)CC2O)S1. The van der Waals surface area contributed by atoms with E-state index < -0.39 is 22.9 Å². The zero-order valence-electron chi connectivity index (χ0n) is 13.6. The van der Waals surface area contributed by atoms with Crippen LogP contribution in [0, 0.1) is 22.5 Å². The number of β-amino-alcohol motifs (C(OH)–C–C–N with tert-alkyl or cyclic N) is 1. The number of ether oxygens (including phenoxy) is 1. The second kappa shape index (κ2) is 7.11. The first kappa shape index (κ1) is 17.8. The van der Waals surface area contributed by atoms with E-state index >= 15 is 0 Å². The van der Waals surface area contributed by atoms with Crippen LogP contribution in [0.3, 0.4) is 0 Å². The van der Waals surface area contributed by atoms with Crippen molar-refractivity contribution >= 4 is 30.0 Å². The fourth-order valence-electron chi connectivity index (χ4n) is 2.44. The molecule has 0 aliphatic carbocycles. The predicted molar refractivity (Wildman–Crippen MR) is 93.9 cm³/mol. The molecule has 0 radical (unpaired) electrons. The molecule has 1 aromatic rings. The molecule has 0 saturated carbocycles. The quantitative estimate of drug-likeness (QED) is 0.351. The third kappa shape index (κ3) is 3.37. The molecule has 11 heteroatoms. The summed E-state index contributed by atoms with van der Waals surface area (Å²) >= 11 is 1.13. The number of likely N-dealkylation sites (N-methyl/N-ethyl adjacent to an activating group) is 1. The maximum absolute atomic E-state index is 12.1. The van der Waals surface area contributed by atoms with Gasteiger partial charge in [-0.05, 0) is 18.1 Å². The number of aliphatic hydroxyl groups excluding tert-OH is 1. The molecule has 2 aliphatic rings. The number of hydrogen-bond acceptors (Lipinski definition) is 8. The minimum absolute atomic E-state index is 0.0579. The molecule has 0 spiro atoms. The van der Waals surface area contributed by atoms with E-state index in [1.54, 1.807) is 7.05 Å². The molecular weight excluding hydrogens is 362 g/mol. The number of rotatable bonds is 5. The van der Waals surface area contributed by atoms with Gasteiger partial charge in [-0.1, -0.05) is 0 Å². The molecule has 1 N–H and O–H groups in total. The van der Waals surface area contributed by atoms with Crippen molar-refractivity contribution in [1.82, 2.24) is 14.1 Å². The van der Waals surface area contributed by atoms with Crippen molar-refractivity contribution < 1.29 is 19.6 Å². The number of carbonyl (C=O) groups is 1. The number of aliphatic imine (C=N–C) groups is 1. The summed E-state index contributed by atoms with van der Waals surface area (Å²) in [7, 11) is 1.59. The molecule has 3 atom stereocenters. The largest absolute Gasteiger partial charge is 0.458 e. The highest BCUT2D eigenvalue weighted by atomic mass is 32.2. The number of non-ortho nitro benzene ring substituents is 1. The van der Waals surface area contributed by atoms with Gasteiger partial charge in [-0.2, -0.15) is 0 Å². The fourth-order valence-corrected chi connectivity index (χ4v) is 3.42. The van der Waals surface area contributed by atoms with Crippen LogP contribution >= 0.6 is 11.9 Å². The normalized spacial score (nSPS) is 23.3. The Morgan fingerprint density at radius 3 is 2.73 bits per heavy atom. The van der Waals surface area contributed by atoms with E-state index in [0.717, 1.165) is 11.9 Å². The van der Waals surface area contributed by atoms with Crippen LogP contribution in [0.15, 0.2) is 29.3 Å². The number of nitrogens with zero attached hydrogens (tertiary/aromatic N) is 5. The molecular formula is C15H15N5O5S. The van der Waals surface area contributed by atoms with Crippen molar-refractivity contribution in [2.45, 2.75) is 18.0 Å². The molecule has 1 saturated heterocycles. The number of terminal acetylenes is 1. The second-order valence-corrected chi connectivity index (χ2v) is 6.55. The average molecular weight is 377 g/mol. The Bertz CT molecular complexity index is 780. The Balaban J connectivity index is 1.65. The van der Waals surface area contributed by atoms with Crippen LogP contribution in [-0.4, -0.2) is 68.1 Å². The highest BCUT2D eigenvalue weighted by Gasteiger charge is 2.42. The number of amides is 2. The Kier molecular flexibility index (Phi) is 4.88. The number of nitro benzene ring substituents is 1. The van der Waals surface area contributed by atoms with Crippen LogP contribution in [0.4, 0.5) is 10.5 Å².